The lowest BCUT2D eigenvalue weighted by Gasteiger charge is -2.36. The van der Waals surface area contributed by atoms with Crippen LogP contribution in [0.1, 0.15) is 161 Å². The monoisotopic (exact) mass is 2100 g/mol. The fourth-order valence-electron chi connectivity index (χ4n) is 20.9. The van der Waals surface area contributed by atoms with Crippen LogP contribution in [0.4, 0.5) is 45.5 Å². The number of nitrogens with one attached hydrogen (secondary N) is 12. The smallest absolute Gasteiger partial charge is 0.261 e. The molecule has 8 aromatic carbocycles. The highest BCUT2D eigenvalue weighted by Crippen LogP contribution is 2.42. The SMILES string of the molecule is CC(C)[C@H](Nc1c(-c2nc3ccc(N4CCCCC4)cc3[nH]2)c(=O)[nH]c2ccccc12)c1ncccn1.C[C@@H]1CCCN(c2ccc3nc(-c4c(N[C@@H](C)c5ncccn5)c5ccccc5[nH]c4=O)[nH]c3c2)C1.C[C@@H]1C[C@H](C)CN(c2ccc3nc(-c4c(N[C@@H](C)c5ncccn5)c5ccccc5[nH]c4=O)[nH]c3c2)C1.C[C@H](Nc1c(-c2nc3ccc(N4CCCCC4)cc3[nH]2)c(=O)[nH]c2ccccc12)c1ncccn1.S.S.S.S.S. The van der Waals surface area contributed by atoms with Crippen LogP contribution in [0.25, 0.3) is 133 Å². The summed E-state index contributed by atoms with van der Waals surface area (Å²) in [4.78, 5) is 144. The van der Waals surface area contributed by atoms with Crippen molar-refractivity contribution in [2.45, 2.75) is 137 Å². The van der Waals surface area contributed by atoms with Crippen LogP contribution in [0.3, 0.4) is 0 Å². The number of hydrogen-bond donors (Lipinski definition) is 12. The van der Waals surface area contributed by atoms with E-state index in [1.807, 2.05) is 148 Å². The highest BCUT2D eigenvalue weighted by molar-refractivity contribution is 7.60. The van der Waals surface area contributed by atoms with E-state index in [-0.39, 0.29) is 120 Å². The fraction of sp³-hybridized carbons (Fsp3) is 0.292. The van der Waals surface area contributed by atoms with E-state index in [0.717, 1.165) is 146 Å². The zero-order chi connectivity index (χ0) is 99.3. The molecule has 0 aliphatic carbocycles. The van der Waals surface area contributed by atoms with E-state index >= 15 is 0 Å². The molecule has 12 N–H and O–H groups in total. The average Bonchev–Trinajstić information content (AvgIpc) is 1.77. The Morgan fingerprint density at radius 2 is 0.547 bits per heavy atom. The predicted octanol–water partition coefficient (Wildman–Crippen LogP) is 22.0. The Morgan fingerprint density at radius 1 is 0.280 bits per heavy atom. The van der Waals surface area contributed by atoms with Gasteiger partial charge in [-0.3, -0.25) is 19.2 Å². The van der Waals surface area contributed by atoms with Gasteiger partial charge in [0, 0.05) is 146 Å². The van der Waals surface area contributed by atoms with Crippen LogP contribution in [-0.4, -0.2) is 152 Å². The third-order valence-electron chi connectivity index (χ3n) is 28.0. The second kappa shape index (κ2) is 48.1. The number of piperidine rings is 4. The molecule has 37 heteroatoms. The van der Waals surface area contributed by atoms with Gasteiger partial charge in [0.2, 0.25) is 0 Å². The number of hydrogen-bond acceptors (Lipinski definition) is 24. The average molecular weight is 2100 g/mol. The van der Waals surface area contributed by atoms with Crippen molar-refractivity contribution in [3.05, 3.63) is 308 Å². The van der Waals surface area contributed by atoms with Crippen molar-refractivity contribution in [2.24, 2.45) is 23.7 Å². The molecule has 12 aromatic heterocycles. The van der Waals surface area contributed by atoms with Gasteiger partial charge in [-0.15, -0.1) is 0 Å². The predicted molar refractivity (Wildman–Crippen MR) is 634 cm³/mol. The first kappa shape index (κ1) is 108. The largest absolute Gasteiger partial charge is 0.374 e. The summed E-state index contributed by atoms with van der Waals surface area (Å²) < 4.78 is 0. The number of aromatic amines is 8. The molecule has 0 radical (unpaired) electrons. The van der Waals surface area contributed by atoms with Crippen LogP contribution in [-0.2, 0) is 0 Å². The highest BCUT2D eigenvalue weighted by atomic mass is 32.1. The summed E-state index contributed by atoms with van der Waals surface area (Å²) in [5.74, 6) is 6.96. The molecule has 0 unspecified atom stereocenters. The zero-order valence-electron chi connectivity index (χ0n) is 85.0. The van der Waals surface area contributed by atoms with Gasteiger partial charge in [-0.2, -0.15) is 67.5 Å². The fourth-order valence-corrected chi connectivity index (χ4v) is 20.9. The first-order valence-electron chi connectivity index (χ1n) is 50.5. The molecule has 4 aliphatic heterocycles. The number of imidazole rings is 4. The van der Waals surface area contributed by atoms with E-state index < -0.39 is 0 Å². The quantitative estimate of drug-likeness (QED) is 0.0318. The van der Waals surface area contributed by atoms with Crippen molar-refractivity contribution in [1.82, 2.24) is 99.7 Å². The summed E-state index contributed by atoms with van der Waals surface area (Å²) in [6, 6.07) is 62.7. The third kappa shape index (κ3) is 23.3. The van der Waals surface area contributed by atoms with E-state index in [0.29, 0.717) is 104 Å². The van der Waals surface area contributed by atoms with Gasteiger partial charge in [-0.05, 0) is 224 Å². The Labute approximate surface area is 902 Å². The Balaban J connectivity index is 0.000000141. The van der Waals surface area contributed by atoms with E-state index in [2.05, 4.69) is 204 Å². The molecule has 150 heavy (non-hydrogen) atoms. The molecule has 0 spiro atoms. The lowest BCUT2D eigenvalue weighted by Crippen LogP contribution is -2.38. The maximum atomic E-state index is 13.5. The normalized spacial score (nSPS) is 15.9. The summed E-state index contributed by atoms with van der Waals surface area (Å²) in [7, 11) is 0. The molecule has 0 amide bonds. The van der Waals surface area contributed by atoms with Gasteiger partial charge in [0.25, 0.3) is 22.2 Å². The Hall–Kier alpha value is -15.1. The molecule has 0 bridgehead atoms. The molecule has 774 valence electrons. The van der Waals surface area contributed by atoms with Crippen LogP contribution < -0.4 is 63.1 Å². The minimum atomic E-state index is -0.218. The van der Waals surface area contributed by atoms with Crippen molar-refractivity contribution >= 4 is 201 Å². The molecule has 16 heterocycles. The Bertz CT molecular complexity index is 8320. The van der Waals surface area contributed by atoms with Gasteiger partial charge in [0.1, 0.15) is 63.0 Å². The van der Waals surface area contributed by atoms with Gasteiger partial charge in [0.15, 0.2) is 5.82 Å². The zero-order valence-corrected chi connectivity index (χ0v) is 90.0. The van der Waals surface area contributed by atoms with E-state index in [1.54, 1.807) is 67.8 Å². The molecule has 24 rings (SSSR count). The van der Waals surface area contributed by atoms with Gasteiger partial charge in [-0.25, -0.2) is 59.8 Å². The van der Waals surface area contributed by atoms with Crippen molar-refractivity contribution in [3.63, 3.8) is 0 Å². The summed E-state index contributed by atoms with van der Waals surface area (Å²) in [5.41, 5.74) is 18.7. The summed E-state index contributed by atoms with van der Waals surface area (Å²) in [6.45, 7) is 25.6. The topological polar surface area (TPSA) is 410 Å². The van der Waals surface area contributed by atoms with E-state index in [1.165, 1.54) is 80.5 Å². The van der Waals surface area contributed by atoms with Crippen molar-refractivity contribution in [2.75, 3.05) is 93.2 Å². The molecule has 32 nitrogen and oxygen atoms in total. The molecular formula is C113H128N28O4S5. The van der Waals surface area contributed by atoms with Crippen LogP contribution in [0.5, 0.6) is 0 Å². The lowest BCUT2D eigenvalue weighted by atomic mass is 9.91. The van der Waals surface area contributed by atoms with E-state index in [4.69, 9.17) is 19.9 Å². The molecule has 4 fully saturated rings. The number of pyridine rings is 4. The van der Waals surface area contributed by atoms with Crippen molar-refractivity contribution in [3.8, 4) is 45.6 Å². The van der Waals surface area contributed by atoms with Crippen LogP contribution in [0, 0.1) is 23.7 Å². The second-order valence-corrected chi connectivity index (χ2v) is 39.2. The van der Waals surface area contributed by atoms with Crippen molar-refractivity contribution < 1.29 is 0 Å². The molecule has 0 saturated carbocycles. The molecule has 4 saturated heterocycles. The number of benzene rings is 8. The Kier molecular flexibility index (Phi) is 34.5. The summed E-state index contributed by atoms with van der Waals surface area (Å²) in [5, 5.41) is 17.8. The van der Waals surface area contributed by atoms with Gasteiger partial charge >= 0.3 is 0 Å². The third-order valence-corrected chi connectivity index (χ3v) is 28.0. The summed E-state index contributed by atoms with van der Waals surface area (Å²) >= 11 is 0. The highest BCUT2D eigenvalue weighted by Gasteiger charge is 2.31. The first-order valence-corrected chi connectivity index (χ1v) is 50.5. The van der Waals surface area contributed by atoms with E-state index in [9.17, 15) is 19.2 Å². The van der Waals surface area contributed by atoms with Crippen LogP contribution in [0.15, 0.2) is 263 Å². The van der Waals surface area contributed by atoms with Crippen LogP contribution >= 0.6 is 67.5 Å². The number of fused-ring (bicyclic) bond motifs is 8. The lowest BCUT2D eigenvalue weighted by molar-refractivity contribution is 0.357. The summed E-state index contributed by atoms with van der Waals surface area (Å²) in [6.07, 6.45) is 25.0. The van der Waals surface area contributed by atoms with Crippen LogP contribution in [0.2, 0.25) is 0 Å². The number of anilines is 8. The number of nitrogens with zero attached hydrogens (tertiary/aromatic N) is 16. The van der Waals surface area contributed by atoms with Gasteiger partial charge < -0.3 is 80.7 Å². The molecule has 7 atom stereocenters. The minimum absolute atomic E-state index is 0. The standard InChI is InChI=1S/2C29H31N7O.C28H29N7O.C27H27N7O.5H2S/c1-17-13-18(2)16-36(15-17)20-9-10-23-24(14-20)34-28(33-23)25-26(32-19(3)27-30-11-6-12-31-27)21-7-4-5-8-22(21)35-29(25)37;1-18(2)25(28-30-13-8-14-31-28)35-26-20-9-4-5-10-21(20)34-29(37)24(26)27-32-22-12-11-19(17-23(22)33-27)36-15-6-3-7-16-36;1-17-7-5-14-35(16-17)19-10-11-22-23(15-19)33-27(32-22)24-25(31-18(2)26-29-12-6-13-30-26)20-8-3-4-9-21(20)34-28(24)36;1-17(25-28-12-7-13-29-25)30-24-19-8-3-4-9-20(19)33-27(35)23(24)26-31-21-11-10-18(16-22(21)32-26)34-14-5-2-6-15-34;;;;;/h4-12,14,17-19H,13,15-16H2,1-3H3,(H,33,34)(H2,32,35,37);4-5,8-14,17-18,25H,3,6-7,15-16H2,1-2H3,(H,32,33)(H2,34,35,37);3-4,6,8-13,15,17-18H,5,7,14,16H2,1-2H3,(H,32,33)(H2,31,34,36);3-4,7-13,16-17H,2,5-6,14-15H2,1H3,(H,31,32)(H2,30,33,35);5*1H2/t17-,18+,19-;25-;17-,18+;17-;;;;;/m0010...../s1. The van der Waals surface area contributed by atoms with Gasteiger partial charge in [-0.1, -0.05) is 107 Å². The number of para-hydroxylation sites is 4. The molecular weight excluding hydrogens is 1970 g/mol. The first-order chi connectivity index (χ1) is 70.8. The number of H-pyrrole nitrogens is 8. The second-order valence-electron chi connectivity index (χ2n) is 39.2. The maximum absolute atomic E-state index is 13.5. The number of rotatable bonds is 21. The number of aromatic nitrogens is 20. The maximum Gasteiger partial charge on any atom is 0.261 e. The molecule has 4 aliphatic rings. The molecule has 20 aromatic rings. The van der Waals surface area contributed by atoms with Crippen molar-refractivity contribution in [1.29, 1.82) is 0 Å². The Morgan fingerprint density at radius 3 is 0.847 bits per heavy atom. The van der Waals surface area contributed by atoms with Gasteiger partial charge in [0.05, 0.1) is 113 Å². The minimum Gasteiger partial charge on any atom is -0.374 e.